The molecular weight excluding hydrogens is 222 g/mol. The van der Waals surface area contributed by atoms with Gasteiger partial charge in [0.2, 0.25) is 0 Å². The second kappa shape index (κ2) is 4.73. The van der Waals surface area contributed by atoms with Gasteiger partial charge in [-0.25, -0.2) is 0 Å². The summed E-state index contributed by atoms with van der Waals surface area (Å²) in [7, 11) is 0. The number of hydrogen-bond acceptors (Lipinski definition) is 5. The lowest BCUT2D eigenvalue weighted by Gasteiger charge is -2.31. The largest absolute Gasteiger partial charge is 0.397 e. The maximum Gasteiger partial charge on any atom is 0.129 e. The van der Waals surface area contributed by atoms with Crippen LogP contribution in [0, 0.1) is 17.2 Å². The first-order valence-electron chi connectivity index (χ1n) is 5.39. The Labute approximate surface area is 98.9 Å². The van der Waals surface area contributed by atoms with Crippen molar-refractivity contribution < 1.29 is 5.11 Å². The first-order chi connectivity index (χ1) is 7.74. The van der Waals surface area contributed by atoms with Gasteiger partial charge in [0.25, 0.3) is 0 Å². The molecular formula is C11H15N3OS. The number of anilines is 2. The number of nitrogens with two attached hydrogens (primary N) is 1. The summed E-state index contributed by atoms with van der Waals surface area (Å²) in [4.78, 5) is 2.84. The standard InChI is InChI=1S/C11H15N3OS/c12-6-10-9(13)5-11(16-10)14-3-1-8(7-15)2-4-14/h5,8,15H,1-4,7,13H2. The lowest BCUT2D eigenvalue weighted by atomic mass is 9.98. The summed E-state index contributed by atoms with van der Waals surface area (Å²) < 4.78 is 0. The van der Waals surface area contributed by atoms with Gasteiger partial charge in [-0.2, -0.15) is 5.26 Å². The molecule has 0 saturated carbocycles. The van der Waals surface area contributed by atoms with Gasteiger partial charge in [0, 0.05) is 19.7 Å². The van der Waals surface area contributed by atoms with Crippen LogP contribution in [0.1, 0.15) is 17.7 Å². The molecule has 1 aliphatic rings. The van der Waals surface area contributed by atoms with Crippen molar-refractivity contribution in [1.29, 1.82) is 5.26 Å². The summed E-state index contributed by atoms with van der Waals surface area (Å²) >= 11 is 1.45. The minimum atomic E-state index is 0.282. The molecule has 16 heavy (non-hydrogen) atoms. The molecule has 0 aliphatic carbocycles. The van der Waals surface area contributed by atoms with Crippen molar-refractivity contribution >= 4 is 22.0 Å². The van der Waals surface area contributed by atoms with Gasteiger partial charge in [0.1, 0.15) is 10.9 Å². The highest BCUT2D eigenvalue weighted by Crippen LogP contribution is 2.33. The molecule has 0 aromatic carbocycles. The molecule has 4 nitrogen and oxygen atoms in total. The van der Waals surface area contributed by atoms with Crippen LogP contribution < -0.4 is 10.6 Å². The molecule has 1 aliphatic heterocycles. The summed E-state index contributed by atoms with van der Waals surface area (Å²) in [5, 5.41) is 19.0. The highest BCUT2D eigenvalue weighted by atomic mass is 32.1. The fourth-order valence-corrected chi connectivity index (χ4v) is 2.90. The Morgan fingerprint density at radius 2 is 2.25 bits per heavy atom. The molecule has 1 fully saturated rings. The molecule has 0 atom stereocenters. The Morgan fingerprint density at radius 3 is 2.75 bits per heavy atom. The molecule has 0 bridgehead atoms. The second-order valence-electron chi connectivity index (χ2n) is 4.09. The molecule has 0 radical (unpaired) electrons. The second-order valence-corrected chi connectivity index (χ2v) is 5.12. The van der Waals surface area contributed by atoms with Crippen LogP contribution in [0.3, 0.4) is 0 Å². The highest BCUT2D eigenvalue weighted by molar-refractivity contribution is 7.17. The molecule has 1 saturated heterocycles. The molecule has 0 spiro atoms. The summed E-state index contributed by atoms with van der Waals surface area (Å²) in [6.07, 6.45) is 2.02. The van der Waals surface area contributed by atoms with E-state index in [1.807, 2.05) is 6.07 Å². The Balaban J connectivity index is 2.06. The van der Waals surface area contributed by atoms with E-state index in [-0.39, 0.29) is 6.61 Å². The summed E-state index contributed by atoms with van der Waals surface area (Å²) in [6, 6.07) is 3.98. The van der Waals surface area contributed by atoms with Crippen molar-refractivity contribution in [3.63, 3.8) is 0 Å². The number of nitriles is 1. The van der Waals surface area contributed by atoms with Crippen molar-refractivity contribution in [2.24, 2.45) is 5.92 Å². The van der Waals surface area contributed by atoms with Crippen molar-refractivity contribution in [3.05, 3.63) is 10.9 Å². The van der Waals surface area contributed by atoms with Crippen LogP contribution in [0.2, 0.25) is 0 Å². The topological polar surface area (TPSA) is 73.3 Å². The summed E-state index contributed by atoms with van der Waals surface area (Å²) in [5.74, 6) is 0.434. The van der Waals surface area contributed by atoms with Crippen LogP contribution in [-0.2, 0) is 0 Å². The van der Waals surface area contributed by atoms with E-state index in [1.54, 1.807) is 0 Å². The predicted octanol–water partition coefficient (Wildman–Crippen LogP) is 1.41. The SMILES string of the molecule is N#Cc1sc(N2CCC(CO)CC2)cc1N. The number of aliphatic hydroxyl groups is 1. The third-order valence-corrected chi connectivity index (χ3v) is 4.15. The number of piperidine rings is 1. The number of aliphatic hydroxyl groups excluding tert-OH is 1. The minimum absolute atomic E-state index is 0.282. The van der Waals surface area contributed by atoms with E-state index in [4.69, 9.17) is 16.1 Å². The summed E-state index contributed by atoms with van der Waals surface area (Å²) in [6.45, 7) is 2.16. The van der Waals surface area contributed by atoms with E-state index in [0.29, 0.717) is 16.5 Å². The third kappa shape index (κ3) is 2.13. The average molecular weight is 237 g/mol. The zero-order valence-electron chi connectivity index (χ0n) is 9.02. The van der Waals surface area contributed by atoms with Gasteiger partial charge in [-0.3, -0.25) is 0 Å². The third-order valence-electron chi connectivity index (χ3n) is 3.03. The Morgan fingerprint density at radius 1 is 1.56 bits per heavy atom. The van der Waals surface area contributed by atoms with Crippen LogP contribution in [0.4, 0.5) is 10.7 Å². The first kappa shape index (κ1) is 11.2. The van der Waals surface area contributed by atoms with Crippen molar-refractivity contribution in [2.75, 3.05) is 30.3 Å². The minimum Gasteiger partial charge on any atom is -0.397 e. The van der Waals surface area contributed by atoms with Crippen LogP contribution in [0.25, 0.3) is 0 Å². The molecule has 1 aromatic heterocycles. The molecule has 2 heterocycles. The van der Waals surface area contributed by atoms with E-state index < -0.39 is 0 Å². The predicted molar refractivity (Wildman–Crippen MR) is 65.5 cm³/mol. The zero-order chi connectivity index (χ0) is 11.5. The van der Waals surface area contributed by atoms with Gasteiger partial charge >= 0.3 is 0 Å². The quantitative estimate of drug-likeness (QED) is 0.815. The van der Waals surface area contributed by atoms with Gasteiger partial charge in [-0.05, 0) is 24.8 Å². The maximum absolute atomic E-state index is 9.06. The van der Waals surface area contributed by atoms with Gasteiger partial charge in [0.15, 0.2) is 0 Å². The normalized spacial score (nSPS) is 17.4. The number of nitrogens with zero attached hydrogens (tertiary/aromatic N) is 2. The zero-order valence-corrected chi connectivity index (χ0v) is 9.83. The van der Waals surface area contributed by atoms with Gasteiger partial charge in [0.05, 0.1) is 10.7 Å². The fourth-order valence-electron chi connectivity index (χ4n) is 1.97. The molecule has 5 heteroatoms. The van der Waals surface area contributed by atoms with E-state index in [0.717, 1.165) is 30.9 Å². The number of hydrogen-bond donors (Lipinski definition) is 2. The molecule has 2 rings (SSSR count). The van der Waals surface area contributed by atoms with E-state index in [9.17, 15) is 0 Å². The van der Waals surface area contributed by atoms with Crippen LogP contribution in [0.15, 0.2) is 6.07 Å². The Kier molecular flexibility index (Phi) is 3.32. The van der Waals surface area contributed by atoms with E-state index >= 15 is 0 Å². The number of nitrogen functional groups attached to an aromatic ring is 1. The number of rotatable bonds is 2. The molecule has 0 amide bonds. The van der Waals surface area contributed by atoms with Crippen molar-refractivity contribution in [2.45, 2.75) is 12.8 Å². The smallest absolute Gasteiger partial charge is 0.129 e. The van der Waals surface area contributed by atoms with E-state index in [2.05, 4.69) is 11.0 Å². The Hall–Kier alpha value is -1.25. The van der Waals surface area contributed by atoms with Gasteiger partial charge < -0.3 is 15.7 Å². The molecule has 0 unspecified atom stereocenters. The van der Waals surface area contributed by atoms with E-state index in [1.165, 1.54) is 11.3 Å². The molecule has 86 valence electrons. The molecule has 1 aromatic rings. The maximum atomic E-state index is 9.06. The van der Waals surface area contributed by atoms with Crippen LogP contribution in [0.5, 0.6) is 0 Å². The highest BCUT2D eigenvalue weighted by Gasteiger charge is 2.20. The first-order valence-corrected chi connectivity index (χ1v) is 6.21. The van der Waals surface area contributed by atoms with Gasteiger partial charge in [-0.15, -0.1) is 11.3 Å². The fraction of sp³-hybridized carbons (Fsp3) is 0.545. The van der Waals surface area contributed by atoms with Crippen molar-refractivity contribution in [3.8, 4) is 6.07 Å². The lowest BCUT2D eigenvalue weighted by molar-refractivity contribution is 0.203. The van der Waals surface area contributed by atoms with Gasteiger partial charge in [-0.1, -0.05) is 0 Å². The van der Waals surface area contributed by atoms with Crippen LogP contribution in [-0.4, -0.2) is 24.8 Å². The average Bonchev–Trinajstić information content (AvgIpc) is 2.71. The Bertz CT molecular complexity index is 402. The monoisotopic (exact) mass is 237 g/mol. The van der Waals surface area contributed by atoms with Crippen LogP contribution >= 0.6 is 11.3 Å². The summed E-state index contributed by atoms with van der Waals surface area (Å²) in [5.41, 5.74) is 6.31. The van der Waals surface area contributed by atoms with Crippen molar-refractivity contribution in [1.82, 2.24) is 0 Å². The molecule has 3 N–H and O–H groups in total. The number of thiophene rings is 1. The lowest BCUT2D eigenvalue weighted by Crippen LogP contribution is -2.34.